The molecule has 0 aromatic carbocycles. The Bertz CT molecular complexity index is 910. The average Bonchev–Trinajstić information content (AvgIpc) is 3.00. The van der Waals surface area contributed by atoms with E-state index < -0.39 is 18.1 Å². The van der Waals surface area contributed by atoms with Crippen LogP contribution >= 0.6 is 15.9 Å². The van der Waals surface area contributed by atoms with Crippen molar-refractivity contribution in [2.24, 2.45) is 5.92 Å². The molecule has 2 atom stereocenters. The summed E-state index contributed by atoms with van der Waals surface area (Å²) in [6.45, 7) is 0.514. The van der Waals surface area contributed by atoms with Gasteiger partial charge in [-0.1, -0.05) is 0 Å². The first kappa shape index (κ1) is 20.6. The molecule has 29 heavy (non-hydrogen) atoms. The number of aliphatic hydroxyl groups excluding tert-OH is 2. The predicted octanol–water partition coefficient (Wildman–Crippen LogP) is 2.42. The Kier molecular flexibility index (Phi) is 5.58. The summed E-state index contributed by atoms with van der Waals surface area (Å²) in [6, 6.07) is 1.38. The quantitative estimate of drug-likeness (QED) is 0.465. The van der Waals surface area contributed by atoms with Crippen molar-refractivity contribution >= 4 is 21.6 Å². The van der Waals surface area contributed by atoms with Gasteiger partial charge in [-0.15, -0.1) is 0 Å². The van der Waals surface area contributed by atoms with Crippen molar-refractivity contribution in [2.45, 2.75) is 44.6 Å². The zero-order valence-corrected chi connectivity index (χ0v) is 17.0. The van der Waals surface area contributed by atoms with Gasteiger partial charge in [-0.2, -0.15) is 13.9 Å². The number of rotatable bonds is 4. The Hall–Kier alpha value is -1.69. The van der Waals surface area contributed by atoms with E-state index in [1.807, 2.05) is 0 Å². The highest BCUT2D eigenvalue weighted by molar-refractivity contribution is 9.10. The van der Waals surface area contributed by atoms with Crippen molar-refractivity contribution in [3.63, 3.8) is 0 Å². The molecule has 2 aliphatic heterocycles. The second-order valence-electron chi connectivity index (χ2n) is 7.45. The van der Waals surface area contributed by atoms with E-state index in [4.69, 9.17) is 0 Å². The number of hydrogen-bond acceptors (Lipinski definition) is 6. The number of nitrogens with one attached hydrogen (secondary N) is 1. The summed E-state index contributed by atoms with van der Waals surface area (Å²) in [7, 11) is 0. The number of aliphatic hydroxyl groups is 2. The molecule has 0 spiro atoms. The Labute approximate surface area is 173 Å². The summed E-state index contributed by atoms with van der Waals surface area (Å²) < 4.78 is 45.2. The van der Waals surface area contributed by atoms with Crippen molar-refractivity contribution < 1.29 is 23.4 Å². The third-order valence-corrected chi connectivity index (χ3v) is 6.06. The molecule has 0 saturated heterocycles. The van der Waals surface area contributed by atoms with E-state index in [-0.39, 0.29) is 54.4 Å². The van der Waals surface area contributed by atoms with Crippen LogP contribution in [0.1, 0.15) is 29.8 Å². The minimum atomic E-state index is -3.06. The van der Waals surface area contributed by atoms with Gasteiger partial charge in [-0.3, -0.25) is 9.58 Å². The van der Waals surface area contributed by atoms with Crippen LogP contribution in [0.3, 0.4) is 0 Å². The molecule has 11 heteroatoms. The summed E-state index contributed by atoms with van der Waals surface area (Å²) in [5.74, 6) is -3.97. The molecule has 1 unspecified atom stereocenters. The van der Waals surface area contributed by atoms with Gasteiger partial charge < -0.3 is 15.5 Å². The van der Waals surface area contributed by atoms with Gasteiger partial charge in [0.05, 0.1) is 11.4 Å². The maximum absolute atomic E-state index is 14.9. The van der Waals surface area contributed by atoms with Crippen molar-refractivity contribution in [1.29, 1.82) is 0 Å². The standard InChI is InChI=1S/C18H21BrF3N5O2/c19-16-14(20)13(2-5-23-16)24-17(29)26-6-3-12-11(8-26)15-18(21,22)4-1-10(9-28)7-27(15)25-12/h2,5,10,17,28-29H,1,3-4,6-9H2,(H,23,24)/t10-,17?/m0/s1. The molecule has 0 amide bonds. The normalized spacial score (nSPS) is 22.5. The first-order valence-electron chi connectivity index (χ1n) is 9.36. The minimum absolute atomic E-state index is 0.00987. The van der Waals surface area contributed by atoms with Crippen molar-refractivity contribution in [2.75, 3.05) is 18.5 Å². The Morgan fingerprint density at radius 1 is 1.41 bits per heavy atom. The summed E-state index contributed by atoms with van der Waals surface area (Å²) >= 11 is 2.99. The highest BCUT2D eigenvalue weighted by Gasteiger charge is 2.43. The predicted molar refractivity (Wildman–Crippen MR) is 102 cm³/mol. The fourth-order valence-electron chi connectivity index (χ4n) is 3.95. The number of hydrogen-bond donors (Lipinski definition) is 3. The van der Waals surface area contributed by atoms with Gasteiger partial charge in [-0.25, -0.2) is 9.37 Å². The lowest BCUT2D eigenvalue weighted by Gasteiger charge is -2.32. The molecule has 2 aromatic rings. The number of fused-ring (bicyclic) bond motifs is 3. The molecule has 4 rings (SSSR count). The van der Waals surface area contributed by atoms with Crippen molar-refractivity contribution in [3.05, 3.63) is 39.6 Å². The zero-order valence-electron chi connectivity index (χ0n) is 15.5. The van der Waals surface area contributed by atoms with Gasteiger partial charge in [0.2, 0.25) is 0 Å². The second kappa shape index (κ2) is 7.86. The van der Waals surface area contributed by atoms with E-state index in [0.717, 1.165) is 0 Å². The molecule has 0 aliphatic carbocycles. The topological polar surface area (TPSA) is 86.4 Å². The van der Waals surface area contributed by atoms with Crippen LogP contribution in [0.2, 0.25) is 0 Å². The molecule has 4 heterocycles. The smallest absolute Gasteiger partial charge is 0.289 e. The van der Waals surface area contributed by atoms with Crippen molar-refractivity contribution in [3.8, 4) is 0 Å². The third kappa shape index (κ3) is 3.88. The Morgan fingerprint density at radius 3 is 2.97 bits per heavy atom. The summed E-state index contributed by atoms with van der Waals surface area (Å²) in [6.07, 6.45) is 0.356. The highest BCUT2D eigenvalue weighted by atomic mass is 79.9. The van der Waals surface area contributed by atoms with Crippen LogP contribution in [-0.2, 0) is 25.4 Å². The van der Waals surface area contributed by atoms with E-state index >= 15 is 0 Å². The van der Waals surface area contributed by atoms with Gasteiger partial charge in [0.25, 0.3) is 5.92 Å². The van der Waals surface area contributed by atoms with E-state index in [0.29, 0.717) is 24.2 Å². The number of nitrogens with zero attached hydrogens (tertiary/aromatic N) is 4. The molecule has 3 N–H and O–H groups in total. The number of alkyl halides is 2. The van der Waals surface area contributed by atoms with Crippen LogP contribution in [0.4, 0.5) is 18.9 Å². The molecule has 0 fully saturated rings. The highest BCUT2D eigenvalue weighted by Crippen LogP contribution is 2.41. The minimum Gasteiger partial charge on any atom is -0.396 e. The molecule has 2 aromatic heterocycles. The van der Waals surface area contributed by atoms with Gasteiger partial charge in [0, 0.05) is 56.8 Å². The first-order chi connectivity index (χ1) is 13.8. The molecule has 0 saturated carbocycles. The fourth-order valence-corrected chi connectivity index (χ4v) is 4.28. The summed E-state index contributed by atoms with van der Waals surface area (Å²) in [5.41, 5.74) is 0.893. The first-order valence-corrected chi connectivity index (χ1v) is 10.2. The molecular formula is C18H21BrF3N5O2. The number of aromatic nitrogens is 3. The van der Waals surface area contributed by atoms with Gasteiger partial charge in [0.1, 0.15) is 10.3 Å². The fraction of sp³-hybridized carbons (Fsp3) is 0.556. The van der Waals surface area contributed by atoms with E-state index in [2.05, 4.69) is 31.3 Å². The Morgan fingerprint density at radius 2 is 2.21 bits per heavy atom. The lowest BCUT2D eigenvalue weighted by atomic mass is 9.98. The Balaban J connectivity index is 1.58. The lowest BCUT2D eigenvalue weighted by Crippen LogP contribution is -2.44. The van der Waals surface area contributed by atoms with Crippen LogP contribution < -0.4 is 5.32 Å². The van der Waals surface area contributed by atoms with Crippen LogP contribution in [-0.4, -0.2) is 49.4 Å². The maximum Gasteiger partial charge on any atom is 0.289 e. The van der Waals surface area contributed by atoms with Crippen LogP contribution in [0, 0.1) is 11.7 Å². The number of anilines is 1. The zero-order chi connectivity index (χ0) is 20.8. The molecule has 0 bridgehead atoms. The molecule has 2 aliphatic rings. The average molecular weight is 476 g/mol. The molecule has 0 radical (unpaired) electrons. The molecule has 7 nitrogen and oxygen atoms in total. The van der Waals surface area contributed by atoms with Crippen LogP contribution in [0.25, 0.3) is 0 Å². The van der Waals surface area contributed by atoms with E-state index in [1.165, 1.54) is 16.9 Å². The monoisotopic (exact) mass is 475 g/mol. The van der Waals surface area contributed by atoms with Crippen LogP contribution in [0.5, 0.6) is 0 Å². The second-order valence-corrected chi connectivity index (χ2v) is 8.20. The lowest BCUT2D eigenvalue weighted by molar-refractivity contribution is -0.0253. The summed E-state index contributed by atoms with van der Waals surface area (Å²) in [5, 5.41) is 27.0. The van der Waals surface area contributed by atoms with Gasteiger partial charge in [0.15, 0.2) is 12.2 Å². The molecular weight excluding hydrogens is 455 g/mol. The van der Waals surface area contributed by atoms with E-state index in [9.17, 15) is 23.4 Å². The number of pyridine rings is 1. The number of halogens is 4. The van der Waals surface area contributed by atoms with Crippen molar-refractivity contribution in [1.82, 2.24) is 19.7 Å². The molecule has 158 valence electrons. The maximum atomic E-state index is 14.9. The van der Waals surface area contributed by atoms with Crippen LogP contribution in [0.15, 0.2) is 16.9 Å². The van der Waals surface area contributed by atoms with E-state index in [1.54, 1.807) is 4.90 Å². The summed E-state index contributed by atoms with van der Waals surface area (Å²) in [4.78, 5) is 5.32. The third-order valence-electron chi connectivity index (χ3n) is 5.51. The largest absolute Gasteiger partial charge is 0.396 e. The van der Waals surface area contributed by atoms with Gasteiger partial charge >= 0.3 is 0 Å². The van der Waals surface area contributed by atoms with Gasteiger partial charge in [-0.05, 0) is 28.4 Å². The SMILES string of the molecule is OC[C@H]1CCC(F)(F)c2c3c(nn2C1)CCN(C(O)Nc1ccnc(Br)c1F)C3.